The lowest BCUT2D eigenvalue weighted by Gasteiger charge is -2.22. The van der Waals surface area contributed by atoms with E-state index in [1.807, 2.05) is 20.8 Å². The molecule has 156 valence electrons. The van der Waals surface area contributed by atoms with Crippen LogP contribution in [0.3, 0.4) is 0 Å². The van der Waals surface area contributed by atoms with Crippen LogP contribution in [0.15, 0.2) is 37.2 Å². The highest BCUT2D eigenvalue weighted by atomic mass is 16.5. The highest BCUT2D eigenvalue weighted by molar-refractivity contribution is 5.95. The Kier molecular flexibility index (Phi) is 14.1. The molecule has 1 rings (SSSR count). The first-order valence-corrected chi connectivity index (χ1v) is 9.62. The van der Waals surface area contributed by atoms with Crippen LogP contribution in [-0.2, 0) is 4.74 Å². The summed E-state index contributed by atoms with van der Waals surface area (Å²) in [4.78, 5) is 30.9. The van der Waals surface area contributed by atoms with E-state index in [0.717, 1.165) is 32.0 Å². The largest absolute Gasteiger partial charge is 0.477 e. The van der Waals surface area contributed by atoms with Crippen molar-refractivity contribution in [1.82, 2.24) is 15.3 Å². The van der Waals surface area contributed by atoms with Crippen molar-refractivity contribution < 1.29 is 19.4 Å². The second-order valence-corrected chi connectivity index (χ2v) is 5.95. The lowest BCUT2D eigenvalue weighted by atomic mass is 9.96. The molecule has 1 heterocycles. The predicted octanol–water partition coefficient (Wildman–Crippen LogP) is 3.88. The zero-order valence-electron chi connectivity index (χ0n) is 17.4. The van der Waals surface area contributed by atoms with E-state index in [1.165, 1.54) is 6.07 Å². The van der Waals surface area contributed by atoms with E-state index < -0.39 is 11.9 Å². The number of carboxylic acids is 1. The van der Waals surface area contributed by atoms with E-state index in [-0.39, 0.29) is 23.3 Å². The smallest absolute Gasteiger partial charge is 0.354 e. The van der Waals surface area contributed by atoms with Gasteiger partial charge in [-0.2, -0.15) is 0 Å². The summed E-state index contributed by atoms with van der Waals surface area (Å²) in [6.45, 7) is 10.5. The molecule has 0 aliphatic carbocycles. The Morgan fingerprint density at radius 2 is 1.89 bits per heavy atom. The number of amides is 1. The number of nitrogens with zero attached hydrogens (tertiary/aromatic N) is 2. The van der Waals surface area contributed by atoms with Crippen LogP contribution >= 0.6 is 0 Å². The molecule has 28 heavy (non-hydrogen) atoms. The summed E-state index contributed by atoms with van der Waals surface area (Å²) in [6, 6.07) is 1.07. The molecule has 0 aliphatic rings. The molecule has 0 fully saturated rings. The van der Waals surface area contributed by atoms with E-state index >= 15 is 0 Å². The average Bonchev–Trinajstić information content (AvgIpc) is 2.73. The van der Waals surface area contributed by atoms with Crippen molar-refractivity contribution in [3.8, 4) is 0 Å². The predicted molar refractivity (Wildman–Crippen MR) is 110 cm³/mol. The topological polar surface area (TPSA) is 101 Å². The van der Waals surface area contributed by atoms with E-state index in [1.54, 1.807) is 13.2 Å². The Balaban J connectivity index is 0.00000352. The zero-order chi connectivity index (χ0) is 21.4. The Labute approximate surface area is 167 Å². The summed E-state index contributed by atoms with van der Waals surface area (Å²) in [5, 5.41) is 11.9. The Morgan fingerprint density at radius 1 is 1.25 bits per heavy atom. The van der Waals surface area contributed by atoms with E-state index in [9.17, 15) is 9.59 Å². The second-order valence-electron chi connectivity index (χ2n) is 5.95. The number of carbonyl (C=O) groups excluding carboxylic acids is 1. The molecule has 0 aromatic carbocycles. The van der Waals surface area contributed by atoms with Gasteiger partial charge in [-0.3, -0.25) is 4.79 Å². The van der Waals surface area contributed by atoms with Gasteiger partial charge in [0.25, 0.3) is 5.91 Å². The lowest BCUT2D eigenvalue weighted by molar-refractivity contribution is 0.0690. The fourth-order valence-electron chi connectivity index (χ4n) is 2.35. The van der Waals surface area contributed by atoms with E-state index in [0.29, 0.717) is 6.61 Å². The molecule has 0 spiro atoms. The van der Waals surface area contributed by atoms with Crippen LogP contribution < -0.4 is 5.32 Å². The molecule has 2 unspecified atom stereocenters. The number of aromatic nitrogens is 2. The van der Waals surface area contributed by atoms with Crippen molar-refractivity contribution in [1.29, 1.82) is 0 Å². The third kappa shape index (κ3) is 9.97. The van der Waals surface area contributed by atoms with Gasteiger partial charge < -0.3 is 15.2 Å². The van der Waals surface area contributed by atoms with Gasteiger partial charge >= 0.3 is 5.97 Å². The van der Waals surface area contributed by atoms with Crippen LogP contribution in [0.25, 0.3) is 0 Å². The van der Waals surface area contributed by atoms with Gasteiger partial charge in [0.1, 0.15) is 12.0 Å². The first-order chi connectivity index (χ1) is 13.5. The van der Waals surface area contributed by atoms with Gasteiger partial charge in [0.05, 0.1) is 0 Å². The normalized spacial score (nSPS) is 12.6. The molecule has 7 heteroatoms. The first kappa shape index (κ1) is 25.5. The molecule has 1 aromatic heterocycles. The number of methoxy groups -OCH3 is 1. The number of rotatable bonds is 12. The Bertz CT molecular complexity index is 632. The van der Waals surface area contributed by atoms with Crippen molar-refractivity contribution in [2.45, 2.75) is 52.5 Å². The molecule has 0 bridgehead atoms. The lowest BCUT2D eigenvalue weighted by Crippen LogP contribution is -2.39. The highest BCUT2D eigenvalue weighted by Gasteiger charge is 2.19. The molecule has 0 saturated carbocycles. The maximum atomic E-state index is 12.4. The van der Waals surface area contributed by atoms with Crippen molar-refractivity contribution in [3.05, 3.63) is 48.6 Å². The molecular weight excluding hydrogens is 358 g/mol. The molecule has 2 N–H and O–H groups in total. The Hall–Kier alpha value is -2.54. The summed E-state index contributed by atoms with van der Waals surface area (Å²) in [7, 11) is 1.68. The molecular formula is C21H33N3O4. The number of carbonyl (C=O) groups is 2. The van der Waals surface area contributed by atoms with Crippen molar-refractivity contribution in [3.63, 3.8) is 0 Å². The van der Waals surface area contributed by atoms with Crippen molar-refractivity contribution in [2.75, 3.05) is 13.7 Å². The van der Waals surface area contributed by atoms with Crippen molar-refractivity contribution in [2.24, 2.45) is 5.92 Å². The van der Waals surface area contributed by atoms with E-state index in [4.69, 9.17) is 9.84 Å². The van der Waals surface area contributed by atoms with Crippen LogP contribution in [0, 0.1) is 5.92 Å². The number of hydrogen-bond acceptors (Lipinski definition) is 5. The maximum Gasteiger partial charge on any atom is 0.354 e. The van der Waals surface area contributed by atoms with Gasteiger partial charge in [-0.1, -0.05) is 39.0 Å². The van der Waals surface area contributed by atoms with Crippen LogP contribution in [-0.4, -0.2) is 46.7 Å². The summed E-state index contributed by atoms with van der Waals surface area (Å²) in [5.41, 5.74) is -0.169. The molecule has 0 saturated heterocycles. The number of unbranched alkanes of at least 4 members (excludes halogenated alkanes) is 1. The SMILES string of the molecule is C=CC(C)C(CCC/C=C/CCOC)NC(=O)c1cc(C(=O)O)ncn1.CC. The summed E-state index contributed by atoms with van der Waals surface area (Å²) in [5.74, 6) is -1.53. The minimum Gasteiger partial charge on any atom is -0.477 e. The van der Waals surface area contributed by atoms with Crippen molar-refractivity contribution >= 4 is 11.9 Å². The first-order valence-electron chi connectivity index (χ1n) is 9.62. The second kappa shape index (κ2) is 15.5. The van der Waals surface area contributed by atoms with Gasteiger partial charge in [0, 0.05) is 25.8 Å². The average molecular weight is 392 g/mol. The third-order valence-corrected chi connectivity index (χ3v) is 3.98. The minimum atomic E-state index is -1.20. The number of nitrogens with one attached hydrogen (secondary N) is 1. The monoisotopic (exact) mass is 391 g/mol. The maximum absolute atomic E-state index is 12.4. The molecule has 7 nitrogen and oxygen atoms in total. The zero-order valence-corrected chi connectivity index (χ0v) is 17.4. The van der Waals surface area contributed by atoms with Crippen LogP contribution in [0.2, 0.25) is 0 Å². The minimum absolute atomic E-state index is 0.0399. The molecule has 1 amide bonds. The number of allylic oxidation sites excluding steroid dienone is 1. The number of aromatic carboxylic acids is 1. The molecule has 1 aromatic rings. The van der Waals surface area contributed by atoms with Gasteiger partial charge in [-0.05, 0) is 31.6 Å². The van der Waals surface area contributed by atoms with Crippen LogP contribution in [0.4, 0.5) is 0 Å². The summed E-state index contributed by atoms with van der Waals surface area (Å²) >= 11 is 0. The van der Waals surface area contributed by atoms with E-state index in [2.05, 4.69) is 34.0 Å². The third-order valence-electron chi connectivity index (χ3n) is 3.98. The van der Waals surface area contributed by atoms with Gasteiger partial charge in [0.15, 0.2) is 5.69 Å². The number of ether oxygens (including phenoxy) is 1. The molecule has 0 radical (unpaired) electrons. The number of hydrogen-bond donors (Lipinski definition) is 2. The standard InChI is InChI=1S/C19H27N3O4.C2H6/c1-4-14(2)15(10-8-6-5-7-9-11-26-3)22-18(23)16-12-17(19(24)25)21-13-20-16;1-2/h4-5,7,12-15H,1,6,8-11H2,2-3H3,(H,22,23)(H,24,25);1-2H3/b7-5+;. The number of carboxylic acid groups (broad SMARTS) is 1. The highest BCUT2D eigenvalue weighted by Crippen LogP contribution is 2.13. The summed E-state index contributed by atoms with van der Waals surface area (Å²) < 4.78 is 4.98. The fraction of sp³-hybridized carbons (Fsp3) is 0.524. The van der Waals surface area contributed by atoms with Gasteiger partial charge in [-0.25, -0.2) is 14.8 Å². The van der Waals surface area contributed by atoms with Crippen LogP contribution in [0.1, 0.15) is 67.4 Å². The van der Waals surface area contributed by atoms with Gasteiger partial charge in [-0.15, -0.1) is 6.58 Å². The molecule has 2 atom stereocenters. The summed E-state index contributed by atoms with van der Waals surface area (Å²) in [6.07, 6.45) is 10.6. The van der Waals surface area contributed by atoms with Gasteiger partial charge in [0.2, 0.25) is 0 Å². The molecule has 0 aliphatic heterocycles. The fourth-order valence-corrected chi connectivity index (χ4v) is 2.35. The Morgan fingerprint density at radius 3 is 2.50 bits per heavy atom. The quantitative estimate of drug-likeness (QED) is 0.414. The van der Waals surface area contributed by atoms with Crippen LogP contribution in [0.5, 0.6) is 0 Å².